The third-order valence-corrected chi connectivity index (χ3v) is 4.96. The van der Waals surface area contributed by atoms with Gasteiger partial charge in [0.15, 0.2) is 5.78 Å². The van der Waals surface area contributed by atoms with E-state index in [0.29, 0.717) is 48.0 Å². The van der Waals surface area contributed by atoms with Crippen LogP contribution in [-0.4, -0.2) is 52.9 Å². The molecule has 1 aliphatic rings. The molecule has 0 saturated carbocycles. The summed E-state index contributed by atoms with van der Waals surface area (Å²) in [6.45, 7) is 0.945. The monoisotopic (exact) mass is 403 g/mol. The van der Waals surface area contributed by atoms with Crippen LogP contribution in [-0.2, 0) is 0 Å². The molecule has 0 spiro atoms. The molecule has 1 amide bonds. The van der Waals surface area contributed by atoms with Crippen molar-refractivity contribution in [2.75, 3.05) is 20.2 Å². The molecule has 1 saturated heterocycles. The molecule has 1 atom stereocenters. The second-order valence-electron chi connectivity index (χ2n) is 6.92. The molecule has 152 valence electrons. The van der Waals surface area contributed by atoms with Crippen molar-refractivity contribution in [1.29, 1.82) is 0 Å². The van der Waals surface area contributed by atoms with Crippen LogP contribution in [0.2, 0.25) is 0 Å². The molecule has 3 aromatic rings. The molecule has 2 heterocycles. The van der Waals surface area contributed by atoms with Crippen LogP contribution in [0.5, 0.6) is 11.8 Å². The standard InChI is InChI=1S/C23H21N3O4/c1-29-20-13-24-14-21(25-20)30-17-11-12-26(15-17)23(28)19-10-6-5-9-18(19)22(27)16-7-3-2-4-8-16/h2-10,13-14,17H,11-12,15H2,1H3. The topological polar surface area (TPSA) is 81.6 Å². The van der Waals surface area contributed by atoms with Gasteiger partial charge in [0.05, 0.1) is 31.6 Å². The van der Waals surface area contributed by atoms with Gasteiger partial charge in [0.25, 0.3) is 5.91 Å². The number of ether oxygens (including phenoxy) is 2. The number of nitrogens with zero attached hydrogens (tertiary/aromatic N) is 3. The lowest BCUT2D eigenvalue weighted by molar-refractivity contribution is 0.0766. The number of ketones is 1. The summed E-state index contributed by atoms with van der Waals surface area (Å²) in [7, 11) is 1.51. The van der Waals surface area contributed by atoms with Crippen LogP contribution < -0.4 is 9.47 Å². The van der Waals surface area contributed by atoms with Crippen LogP contribution in [0.15, 0.2) is 67.0 Å². The Morgan fingerprint density at radius 3 is 2.43 bits per heavy atom. The number of carbonyl (C=O) groups excluding carboxylic acids is 2. The Morgan fingerprint density at radius 1 is 0.967 bits per heavy atom. The molecule has 30 heavy (non-hydrogen) atoms. The van der Waals surface area contributed by atoms with Crippen LogP contribution in [0.1, 0.15) is 32.7 Å². The van der Waals surface area contributed by atoms with E-state index in [0.717, 1.165) is 0 Å². The highest BCUT2D eigenvalue weighted by atomic mass is 16.5. The van der Waals surface area contributed by atoms with Gasteiger partial charge in [0.1, 0.15) is 6.10 Å². The van der Waals surface area contributed by atoms with Gasteiger partial charge < -0.3 is 14.4 Å². The smallest absolute Gasteiger partial charge is 0.254 e. The third-order valence-electron chi connectivity index (χ3n) is 4.96. The van der Waals surface area contributed by atoms with Crippen molar-refractivity contribution < 1.29 is 19.1 Å². The van der Waals surface area contributed by atoms with Gasteiger partial charge in [0.2, 0.25) is 11.8 Å². The Labute approximate surface area is 174 Å². The minimum atomic E-state index is -0.202. The van der Waals surface area contributed by atoms with E-state index in [2.05, 4.69) is 9.97 Å². The van der Waals surface area contributed by atoms with Crippen molar-refractivity contribution in [2.45, 2.75) is 12.5 Å². The van der Waals surface area contributed by atoms with Crippen LogP contribution in [0, 0.1) is 0 Å². The zero-order valence-electron chi connectivity index (χ0n) is 16.5. The van der Waals surface area contributed by atoms with E-state index in [1.54, 1.807) is 41.3 Å². The Kier molecular flexibility index (Phi) is 5.70. The van der Waals surface area contributed by atoms with Gasteiger partial charge in [-0.05, 0) is 6.07 Å². The minimum absolute atomic E-state index is 0.168. The number of amides is 1. The Hall–Kier alpha value is -3.74. The second-order valence-corrected chi connectivity index (χ2v) is 6.92. The summed E-state index contributed by atoms with van der Waals surface area (Å²) < 4.78 is 10.9. The Morgan fingerprint density at radius 2 is 1.67 bits per heavy atom. The number of carbonyl (C=O) groups is 2. The minimum Gasteiger partial charge on any atom is -0.480 e. The maximum Gasteiger partial charge on any atom is 0.254 e. The number of benzene rings is 2. The molecule has 1 aliphatic heterocycles. The van der Waals surface area contributed by atoms with Crippen LogP contribution in [0.4, 0.5) is 0 Å². The molecular weight excluding hydrogens is 382 g/mol. The van der Waals surface area contributed by atoms with E-state index in [1.807, 2.05) is 18.2 Å². The first-order chi connectivity index (χ1) is 14.7. The SMILES string of the molecule is COc1cncc(OC2CCN(C(=O)c3ccccc3C(=O)c3ccccc3)C2)n1. The molecule has 1 fully saturated rings. The van der Waals surface area contributed by atoms with E-state index >= 15 is 0 Å². The lowest BCUT2D eigenvalue weighted by Gasteiger charge is -2.18. The maximum absolute atomic E-state index is 13.2. The second kappa shape index (κ2) is 8.73. The average Bonchev–Trinajstić information content (AvgIpc) is 3.27. The van der Waals surface area contributed by atoms with Crippen molar-refractivity contribution in [1.82, 2.24) is 14.9 Å². The fourth-order valence-corrected chi connectivity index (χ4v) is 3.45. The van der Waals surface area contributed by atoms with Crippen LogP contribution in [0.3, 0.4) is 0 Å². The first-order valence-electron chi connectivity index (χ1n) is 9.66. The number of hydrogen-bond acceptors (Lipinski definition) is 6. The summed E-state index contributed by atoms with van der Waals surface area (Å²) in [6, 6.07) is 15.9. The first kappa shape index (κ1) is 19.6. The maximum atomic E-state index is 13.2. The van der Waals surface area contributed by atoms with Gasteiger partial charge in [0, 0.05) is 24.1 Å². The molecule has 2 aromatic carbocycles. The lowest BCUT2D eigenvalue weighted by atomic mass is 9.97. The normalized spacial score (nSPS) is 15.6. The van der Waals surface area contributed by atoms with Gasteiger partial charge in [-0.25, -0.2) is 0 Å². The predicted molar refractivity (Wildman–Crippen MR) is 110 cm³/mol. The van der Waals surface area contributed by atoms with Crippen molar-refractivity contribution >= 4 is 11.7 Å². The Balaban J connectivity index is 1.48. The van der Waals surface area contributed by atoms with Gasteiger partial charge in [-0.1, -0.05) is 48.5 Å². The van der Waals surface area contributed by atoms with Crippen LogP contribution in [0.25, 0.3) is 0 Å². The summed E-state index contributed by atoms with van der Waals surface area (Å²) in [4.78, 5) is 36.0. The van der Waals surface area contributed by atoms with Gasteiger partial charge in [-0.15, -0.1) is 0 Å². The van der Waals surface area contributed by atoms with Gasteiger partial charge in [-0.2, -0.15) is 4.98 Å². The van der Waals surface area contributed by atoms with Crippen molar-refractivity contribution in [2.24, 2.45) is 0 Å². The largest absolute Gasteiger partial charge is 0.480 e. The summed E-state index contributed by atoms with van der Waals surface area (Å²) in [5.74, 6) is 0.371. The quantitative estimate of drug-likeness (QED) is 0.589. The molecule has 4 rings (SSSR count). The molecule has 0 bridgehead atoms. The van der Waals surface area contributed by atoms with E-state index in [1.165, 1.54) is 19.5 Å². The summed E-state index contributed by atoms with van der Waals surface area (Å²) >= 11 is 0. The molecule has 1 unspecified atom stereocenters. The van der Waals surface area contributed by atoms with E-state index in [-0.39, 0.29) is 17.8 Å². The third kappa shape index (κ3) is 4.15. The first-order valence-corrected chi connectivity index (χ1v) is 9.66. The summed E-state index contributed by atoms with van der Waals surface area (Å²) in [5, 5.41) is 0. The zero-order valence-corrected chi connectivity index (χ0v) is 16.5. The highest BCUT2D eigenvalue weighted by Crippen LogP contribution is 2.22. The van der Waals surface area contributed by atoms with Crippen molar-refractivity contribution in [3.05, 3.63) is 83.7 Å². The molecule has 0 radical (unpaired) electrons. The Bertz CT molecular complexity index is 1060. The number of methoxy groups -OCH3 is 1. The molecule has 0 aliphatic carbocycles. The fraction of sp³-hybridized carbons (Fsp3) is 0.217. The highest BCUT2D eigenvalue weighted by molar-refractivity contribution is 6.15. The lowest BCUT2D eigenvalue weighted by Crippen LogP contribution is -2.32. The average molecular weight is 403 g/mol. The molecule has 7 nitrogen and oxygen atoms in total. The number of aromatic nitrogens is 2. The molecule has 0 N–H and O–H groups in total. The van der Waals surface area contributed by atoms with Gasteiger partial charge in [-0.3, -0.25) is 14.6 Å². The van der Waals surface area contributed by atoms with Crippen molar-refractivity contribution in [3.63, 3.8) is 0 Å². The summed E-state index contributed by atoms with van der Waals surface area (Å²) in [5.41, 5.74) is 1.35. The van der Waals surface area contributed by atoms with E-state index in [4.69, 9.17) is 9.47 Å². The number of rotatable bonds is 6. The number of likely N-dealkylation sites (tertiary alicyclic amines) is 1. The molecular formula is C23H21N3O4. The fourth-order valence-electron chi connectivity index (χ4n) is 3.45. The van der Waals surface area contributed by atoms with Crippen molar-refractivity contribution in [3.8, 4) is 11.8 Å². The van der Waals surface area contributed by atoms with E-state index < -0.39 is 0 Å². The molecule has 7 heteroatoms. The molecule has 1 aromatic heterocycles. The number of hydrogen-bond donors (Lipinski definition) is 0. The summed E-state index contributed by atoms with van der Waals surface area (Å²) in [6.07, 6.45) is 3.48. The highest BCUT2D eigenvalue weighted by Gasteiger charge is 2.30. The zero-order chi connectivity index (χ0) is 20.9. The van der Waals surface area contributed by atoms with E-state index in [9.17, 15) is 9.59 Å². The van der Waals surface area contributed by atoms with Crippen LogP contribution >= 0.6 is 0 Å². The van der Waals surface area contributed by atoms with Gasteiger partial charge >= 0.3 is 0 Å². The predicted octanol–water partition coefficient (Wildman–Crippen LogP) is 3.01.